The summed E-state index contributed by atoms with van der Waals surface area (Å²) in [7, 11) is -4.06. The fraction of sp³-hybridized carbons (Fsp3) is 0.333. The van der Waals surface area contributed by atoms with Crippen molar-refractivity contribution >= 4 is 50.1 Å². The highest BCUT2D eigenvalue weighted by Crippen LogP contribution is 2.25. The smallest absolute Gasteiger partial charge is 0.264 e. The summed E-state index contributed by atoms with van der Waals surface area (Å²) in [5, 5.41) is 2.95. The second kappa shape index (κ2) is 14.5. The maximum atomic E-state index is 14.0. The van der Waals surface area contributed by atoms with Crippen LogP contribution < -0.4 is 9.62 Å². The molecule has 0 aliphatic carbocycles. The number of carbonyl (C=O) groups excluding carboxylic acids is 2. The predicted molar refractivity (Wildman–Crippen MR) is 164 cm³/mol. The van der Waals surface area contributed by atoms with Crippen molar-refractivity contribution in [3.63, 3.8) is 0 Å². The van der Waals surface area contributed by atoms with Crippen LogP contribution in [0.3, 0.4) is 0 Å². The van der Waals surface area contributed by atoms with Crippen LogP contribution in [-0.4, -0.2) is 44.3 Å². The summed E-state index contributed by atoms with van der Waals surface area (Å²) in [4.78, 5) is 28.9. The molecule has 9 heteroatoms. The number of anilines is 1. The zero-order chi connectivity index (χ0) is 28.4. The maximum absolute atomic E-state index is 14.0. The monoisotopic (exact) mass is 661 g/mol. The van der Waals surface area contributed by atoms with Gasteiger partial charge in [0.1, 0.15) is 12.6 Å². The Morgan fingerprint density at radius 1 is 0.949 bits per heavy atom. The zero-order valence-electron chi connectivity index (χ0n) is 22.6. The Hall–Kier alpha value is -2.92. The third kappa shape index (κ3) is 8.28. The first-order valence-corrected chi connectivity index (χ1v) is 15.6. The van der Waals surface area contributed by atoms with Gasteiger partial charge in [0.05, 0.1) is 10.6 Å². The molecule has 0 saturated carbocycles. The second-order valence-corrected chi connectivity index (χ2v) is 12.5. The van der Waals surface area contributed by atoms with Gasteiger partial charge in [-0.05, 0) is 84.3 Å². The van der Waals surface area contributed by atoms with Gasteiger partial charge in [-0.3, -0.25) is 13.9 Å². The number of hydrogen-bond acceptors (Lipinski definition) is 4. The van der Waals surface area contributed by atoms with Gasteiger partial charge in [0, 0.05) is 16.7 Å². The minimum absolute atomic E-state index is 0.0888. The van der Waals surface area contributed by atoms with Gasteiger partial charge in [-0.15, -0.1) is 0 Å². The molecule has 0 heterocycles. The highest BCUT2D eigenvalue weighted by molar-refractivity contribution is 14.1. The molecule has 0 fully saturated rings. The summed E-state index contributed by atoms with van der Waals surface area (Å²) in [5.74, 6) is -0.689. The number of rotatable bonds is 13. The number of unbranched alkanes of at least 4 members (excludes halogenated alkanes) is 1. The Labute approximate surface area is 245 Å². The van der Waals surface area contributed by atoms with Crippen LogP contribution in [0.25, 0.3) is 0 Å². The van der Waals surface area contributed by atoms with Gasteiger partial charge in [-0.25, -0.2) is 8.42 Å². The lowest BCUT2D eigenvalue weighted by Crippen LogP contribution is -2.52. The number of nitrogens with zero attached hydrogens (tertiary/aromatic N) is 2. The summed E-state index contributed by atoms with van der Waals surface area (Å²) in [6, 6.07) is 22.1. The van der Waals surface area contributed by atoms with Crippen LogP contribution in [0, 0.1) is 10.5 Å². The lowest BCUT2D eigenvalue weighted by Gasteiger charge is -2.33. The quantitative estimate of drug-likeness (QED) is 0.193. The van der Waals surface area contributed by atoms with E-state index in [9.17, 15) is 18.0 Å². The van der Waals surface area contributed by atoms with Crippen LogP contribution in [0.4, 0.5) is 5.69 Å². The van der Waals surface area contributed by atoms with Crippen molar-refractivity contribution in [2.24, 2.45) is 0 Å². The number of halogens is 1. The average Bonchev–Trinajstić information content (AvgIpc) is 2.92. The van der Waals surface area contributed by atoms with Crippen molar-refractivity contribution in [2.75, 3.05) is 17.4 Å². The SMILES string of the molecule is CCCCNC(=O)C(CC)N(Cc1cccc(C)c1)C(=O)CN(c1ccc(I)cc1)S(=O)(=O)c1ccccc1. The highest BCUT2D eigenvalue weighted by Gasteiger charge is 2.33. The molecule has 0 aromatic heterocycles. The molecule has 1 N–H and O–H groups in total. The first-order chi connectivity index (χ1) is 18.7. The fourth-order valence-electron chi connectivity index (χ4n) is 4.29. The topological polar surface area (TPSA) is 86.8 Å². The number of amides is 2. The Kier molecular flexibility index (Phi) is 11.4. The Morgan fingerprint density at radius 3 is 2.26 bits per heavy atom. The van der Waals surface area contributed by atoms with Gasteiger partial charge < -0.3 is 10.2 Å². The summed E-state index contributed by atoms with van der Waals surface area (Å²) in [6.07, 6.45) is 2.17. The van der Waals surface area contributed by atoms with Crippen LogP contribution in [-0.2, 0) is 26.2 Å². The van der Waals surface area contributed by atoms with Crippen LogP contribution in [0.2, 0.25) is 0 Å². The Morgan fingerprint density at radius 2 is 1.64 bits per heavy atom. The number of sulfonamides is 1. The molecule has 1 atom stereocenters. The third-order valence-corrected chi connectivity index (χ3v) is 8.88. The second-order valence-electron chi connectivity index (χ2n) is 9.38. The van der Waals surface area contributed by atoms with Crippen LogP contribution in [0.1, 0.15) is 44.2 Å². The average molecular weight is 662 g/mol. The fourth-order valence-corrected chi connectivity index (χ4v) is 6.08. The molecule has 0 radical (unpaired) electrons. The van der Waals surface area contributed by atoms with E-state index < -0.39 is 28.5 Å². The molecule has 0 saturated heterocycles. The molecule has 3 rings (SSSR count). The van der Waals surface area contributed by atoms with Crippen molar-refractivity contribution in [3.8, 4) is 0 Å². The Bertz CT molecular complexity index is 1350. The standard InChI is InChI=1S/C30H36IN3O4S/c1-4-6-19-32-30(36)28(5-2)33(21-24-12-10-11-23(3)20-24)29(35)22-34(26-17-15-25(31)16-18-26)39(37,38)27-13-8-7-9-14-27/h7-18,20,28H,4-6,19,21-22H2,1-3H3,(H,32,36). The van der Waals surface area contributed by atoms with E-state index in [1.54, 1.807) is 42.5 Å². The van der Waals surface area contributed by atoms with Gasteiger partial charge in [-0.2, -0.15) is 0 Å². The van der Waals surface area contributed by atoms with E-state index in [0.29, 0.717) is 18.7 Å². The Balaban J connectivity index is 2.02. The first kappa shape index (κ1) is 30.6. The normalized spacial score (nSPS) is 12.0. The van der Waals surface area contributed by atoms with Crippen molar-refractivity contribution in [2.45, 2.75) is 57.5 Å². The largest absolute Gasteiger partial charge is 0.354 e. The molecule has 2 amide bonds. The molecule has 0 spiro atoms. The summed E-state index contributed by atoms with van der Waals surface area (Å²) in [6.45, 7) is 6.14. The van der Waals surface area contributed by atoms with Crippen molar-refractivity contribution in [1.29, 1.82) is 0 Å². The van der Waals surface area contributed by atoms with Gasteiger partial charge in [0.25, 0.3) is 10.0 Å². The van der Waals surface area contributed by atoms with Crippen molar-refractivity contribution in [3.05, 3.63) is 93.6 Å². The summed E-state index contributed by atoms with van der Waals surface area (Å²) < 4.78 is 29.7. The lowest BCUT2D eigenvalue weighted by molar-refractivity contribution is -0.140. The van der Waals surface area contributed by atoms with Crippen molar-refractivity contribution < 1.29 is 18.0 Å². The van der Waals surface area contributed by atoms with E-state index >= 15 is 0 Å². The van der Waals surface area contributed by atoms with E-state index in [4.69, 9.17) is 0 Å². The molecule has 0 aliphatic rings. The number of benzene rings is 3. The van der Waals surface area contributed by atoms with Gasteiger partial charge in [0.15, 0.2) is 0 Å². The van der Waals surface area contributed by atoms with E-state index in [0.717, 1.165) is 31.8 Å². The van der Waals surface area contributed by atoms with E-state index in [1.807, 2.05) is 45.0 Å². The maximum Gasteiger partial charge on any atom is 0.264 e. The summed E-state index contributed by atoms with van der Waals surface area (Å²) in [5.41, 5.74) is 2.28. The van der Waals surface area contributed by atoms with E-state index in [1.165, 1.54) is 17.0 Å². The molecular weight excluding hydrogens is 625 g/mol. The minimum atomic E-state index is -4.06. The van der Waals surface area contributed by atoms with Crippen LogP contribution in [0.15, 0.2) is 83.8 Å². The van der Waals surface area contributed by atoms with Crippen LogP contribution >= 0.6 is 22.6 Å². The van der Waals surface area contributed by atoms with E-state index in [-0.39, 0.29) is 17.3 Å². The number of carbonyl (C=O) groups is 2. The molecule has 7 nitrogen and oxygen atoms in total. The number of hydrogen-bond donors (Lipinski definition) is 1. The lowest BCUT2D eigenvalue weighted by atomic mass is 10.1. The first-order valence-electron chi connectivity index (χ1n) is 13.1. The minimum Gasteiger partial charge on any atom is -0.354 e. The zero-order valence-corrected chi connectivity index (χ0v) is 25.6. The predicted octanol–water partition coefficient (Wildman–Crippen LogP) is 5.52. The van der Waals surface area contributed by atoms with Gasteiger partial charge >= 0.3 is 0 Å². The molecule has 39 heavy (non-hydrogen) atoms. The van der Waals surface area contributed by atoms with Gasteiger partial charge in [0.2, 0.25) is 11.8 Å². The molecule has 1 unspecified atom stereocenters. The third-order valence-electron chi connectivity index (χ3n) is 6.38. The van der Waals surface area contributed by atoms with E-state index in [2.05, 4.69) is 27.9 Å². The molecule has 3 aromatic carbocycles. The number of aryl methyl sites for hydroxylation is 1. The molecule has 0 bridgehead atoms. The van der Waals surface area contributed by atoms with Gasteiger partial charge in [-0.1, -0.05) is 68.3 Å². The molecule has 3 aromatic rings. The highest BCUT2D eigenvalue weighted by atomic mass is 127. The summed E-state index contributed by atoms with van der Waals surface area (Å²) >= 11 is 2.15. The molecule has 208 valence electrons. The molecule has 0 aliphatic heterocycles. The molecular formula is C30H36IN3O4S. The van der Waals surface area contributed by atoms with Crippen molar-refractivity contribution in [1.82, 2.24) is 10.2 Å². The van der Waals surface area contributed by atoms with Crippen LogP contribution in [0.5, 0.6) is 0 Å². The number of nitrogens with one attached hydrogen (secondary N) is 1.